The predicted octanol–water partition coefficient (Wildman–Crippen LogP) is 6.52. The number of nitriles is 1. The Balaban J connectivity index is 1.45. The molecule has 10 heteroatoms. The summed E-state index contributed by atoms with van der Waals surface area (Å²) in [4.78, 5) is 25.2. The number of para-hydroxylation sites is 1. The number of hydrogen-bond donors (Lipinski definition) is 2. The molecule has 0 bridgehead atoms. The third-order valence-electron chi connectivity index (χ3n) is 5.96. The molecule has 0 saturated carbocycles. The number of nitrogens with zero attached hydrogens (tertiary/aromatic N) is 1. The average molecular weight is 586 g/mol. The number of sulfonamides is 1. The number of hydrogen-bond acceptors (Lipinski definition) is 6. The minimum absolute atomic E-state index is 0.0131. The lowest BCUT2D eigenvalue weighted by atomic mass is 10.1. The smallest absolute Gasteiger partial charge is 0.343 e. The molecule has 0 aliphatic heterocycles. The molecule has 8 nitrogen and oxygen atoms in total. The lowest BCUT2D eigenvalue weighted by molar-refractivity contribution is -0.112. The molecule has 0 radical (unpaired) electrons. The number of anilines is 2. The van der Waals surface area contributed by atoms with Gasteiger partial charge in [-0.2, -0.15) is 5.26 Å². The number of benzene rings is 4. The Kier molecular flexibility index (Phi) is 8.87. The number of ether oxygens (including phenoxy) is 1. The SMILES string of the molecule is Cc1cccc(C)c1NS(=O)(=O)c1ccc(NC(=O)/C(C#N)=C/c2cccc(OC(=O)c3ccc(Cl)cc3)c2)cc1. The van der Waals surface area contributed by atoms with E-state index in [1.54, 1.807) is 30.3 Å². The summed E-state index contributed by atoms with van der Waals surface area (Å²) in [6.45, 7) is 3.63. The highest BCUT2D eigenvalue weighted by Crippen LogP contribution is 2.24. The maximum atomic E-state index is 12.9. The van der Waals surface area contributed by atoms with Gasteiger partial charge in [0, 0.05) is 10.7 Å². The minimum Gasteiger partial charge on any atom is -0.423 e. The zero-order valence-corrected chi connectivity index (χ0v) is 23.6. The highest BCUT2D eigenvalue weighted by molar-refractivity contribution is 7.92. The first-order chi connectivity index (χ1) is 19.6. The van der Waals surface area contributed by atoms with Crippen LogP contribution in [-0.4, -0.2) is 20.3 Å². The molecule has 0 aliphatic carbocycles. The number of amides is 1. The molecule has 4 aromatic rings. The van der Waals surface area contributed by atoms with Gasteiger partial charge in [-0.15, -0.1) is 0 Å². The van der Waals surface area contributed by atoms with Gasteiger partial charge >= 0.3 is 5.97 Å². The molecule has 2 N–H and O–H groups in total. The summed E-state index contributed by atoms with van der Waals surface area (Å²) >= 11 is 5.85. The number of esters is 1. The van der Waals surface area contributed by atoms with Crippen molar-refractivity contribution in [3.05, 3.63) is 124 Å². The molecule has 0 heterocycles. The van der Waals surface area contributed by atoms with Gasteiger partial charge in [0.05, 0.1) is 16.1 Å². The second-order valence-electron chi connectivity index (χ2n) is 8.99. The quantitative estimate of drug-likeness (QED) is 0.105. The van der Waals surface area contributed by atoms with E-state index in [9.17, 15) is 23.3 Å². The summed E-state index contributed by atoms with van der Waals surface area (Å²) in [6, 6.07) is 25.5. The summed E-state index contributed by atoms with van der Waals surface area (Å²) in [5, 5.41) is 12.7. The molecule has 4 aromatic carbocycles. The maximum absolute atomic E-state index is 12.9. The fraction of sp³-hybridized carbons (Fsp3) is 0.0645. The second kappa shape index (κ2) is 12.5. The van der Waals surface area contributed by atoms with Crippen LogP contribution in [0.3, 0.4) is 0 Å². The zero-order chi connectivity index (χ0) is 29.6. The Morgan fingerprint density at radius 3 is 2.17 bits per heavy atom. The van der Waals surface area contributed by atoms with Gasteiger partial charge in [-0.05, 0) is 97.3 Å². The average Bonchev–Trinajstić information content (AvgIpc) is 2.94. The van der Waals surface area contributed by atoms with E-state index in [4.69, 9.17) is 16.3 Å². The monoisotopic (exact) mass is 585 g/mol. The van der Waals surface area contributed by atoms with Crippen LogP contribution in [0.5, 0.6) is 5.75 Å². The molecule has 1 amide bonds. The third-order valence-corrected chi connectivity index (χ3v) is 7.58. The lowest BCUT2D eigenvalue weighted by Crippen LogP contribution is -2.16. The Hall–Kier alpha value is -4.91. The van der Waals surface area contributed by atoms with E-state index in [2.05, 4.69) is 10.0 Å². The van der Waals surface area contributed by atoms with Gasteiger partial charge in [0.25, 0.3) is 15.9 Å². The van der Waals surface area contributed by atoms with Crippen molar-refractivity contribution in [3.8, 4) is 11.8 Å². The molecule has 0 saturated heterocycles. The summed E-state index contributed by atoms with van der Waals surface area (Å²) in [5.41, 5.74) is 2.95. The first kappa shape index (κ1) is 29.1. The molecule has 0 atom stereocenters. The first-order valence-corrected chi connectivity index (χ1v) is 14.1. The number of nitrogens with one attached hydrogen (secondary N) is 2. The van der Waals surface area contributed by atoms with E-state index in [-0.39, 0.29) is 16.2 Å². The number of carbonyl (C=O) groups is 2. The van der Waals surface area contributed by atoms with Crippen molar-refractivity contribution < 1.29 is 22.7 Å². The Bertz CT molecular complexity index is 1770. The maximum Gasteiger partial charge on any atom is 0.343 e. The van der Waals surface area contributed by atoms with Crippen molar-refractivity contribution in [3.63, 3.8) is 0 Å². The third kappa shape index (κ3) is 7.39. The zero-order valence-electron chi connectivity index (χ0n) is 22.0. The highest BCUT2D eigenvalue weighted by Gasteiger charge is 2.17. The fourth-order valence-corrected chi connectivity index (χ4v) is 5.15. The van der Waals surface area contributed by atoms with Crippen LogP contribution >= 0.6 is 11.6 Å². The summed E-state index contributed by atoms with van der Waals surface area (Å²) in [6.07, 6.45) is 1.35. The van der Waals surface area contributed by atoms with E-state index in [0.29, 0.717) is 27.5 Å². The standard InChI is InChI=1S/C31H24ClN3O5S/c1-20-5-3-6-21(2)29(20)35-41(38,39)28-15-13-26(14-16-28)34-30(36)24(19-33)17-22-7-4-8-27(18-22)40-31(37)23-9-11-25(32)12-10-23/h3-18,35H,1-2H3,(H,34,36)/b24-17+. The van der Waals surface area contributed by atoms with Gasteiger partial charge in [-0.3, -0.25) is 9.52 Å². The van der Waals surface area contributed by atoms with Gasteiger partial charge in [-0.25, -0.2) is 13.2 Å². The van der Waals surface area contributed by atoms with Gasteiger partial charge in [-0.1, -0.05) is 41.9 Å². The van der Waals surface area contributed by atoms with Gasteiger partial charge in [0.1, 0.15) is 17.4 Å². The molecule has 0 aromatic heterocycles. The molecule has 206 valence electrons. The van der Waals surface area contributed by atoms with Crippen molar-refractivity contribution in [2.45, 2.75) is 18.7 Å². The van der Waals surface area contributed by atoms with Crippen LogP contribution < -0.4 is 14.8 Å². The van der Waals surface area contributed by atoms with Crippen LogP contribution in [0.25, 0.3) is 6.08 Å². The van der Waals surface area contributed by atoms with Crippen molar-refractivity contribution in [2.75, 3.05) is 10.0 Å². The lowest BCUT2D eigenvalue weighted by Gasteiger charge is -2.13. The molecule has 0 aliphatic rings. The minimum atomic E-state index is -3.87. The summed E-state index contributed by atoms with van der Waals surface area (Å²) < 4.78 is 33.8. The Labute approximate surface area is 242 Å². The van der Waals surface area contributed by atoms with Crippen molar-refractivity contribution in [1.29, 1.82) is 5.26 Å². The molecular weight excluding hydrogens is 562 g/mol. The van der Waals surface area contributed by atoms with Crippen molar-refractivity contribution in [2.24, 2.45) is 0 Å². The van der Waals surface area contributed by atoms with E-state index in [0.717, 1.165) is 11.1 Å². The Morgan fingerprint density at radius 1 is 0.902 bits per heavy atom. The van der Waals surface area contributed by atoms with Crippen LogP contribution in [0.1, 0.15) is 27.0 Å². The summed E-state index contributed by atoms with van der Waals surface area (Å²) in [5.74, 6) is -1.06. The highest BCUT2D eigenvalue weighted by atomic mass is 35.5. The van der Waals surface area contributed by atoms with Crippen LogP contribution in [0.4, 0.5) is 11.4 Å². The molecular formula is C31H24ClN3O5S. The van der Waals surface area contributed by atoms with E-state index in [1.807, 2.05) is 38.1 Å². The van der Waals surface area contributed by atoms with Crippen LogP contribution in [0.15, 0.2) is 101 Å². The van der Waals surface area contributed by atoms with Gasteiger partial charge < -0.3 is 10.1 Å². The number of rotatable bonds is 8. The van der Waals surface area contributed by atoms with Crippen molar-refractivity contribution >= 4 is 51.0 Å². The Morgan fingerprint density at radius 2 is 1.54 bits per heavy atom. The first-order valence-electron chi connectivity index (χ1n) is 12.3. The van der Waals surface area contributed by atoms with Gasteiger partial charge in [0.2, 0.25) is 0 Å². The van der Waals surface area contributed by atoms with Crippen molar-refractivity contribution in [1.82, 2.24) is 0 Å². The number of halogens is 1. The van der Waals surface area contributed by atoms with E-state index < -0.39 is 21.9 Å². The molecule has 0 unspecified atom stereocenters. The predicted molar refractivity (Wildman–Crippen MR) is 158 cm³/mol. The number of carbonyl (C=O) groups excluding carboxylic acids is 2. The molecule has 4 rings (SSSR count). The van der Waals surface area contributed by atoms with Gasteiger partial charge in [0.15, 0.2) is 0 Å². The van der Waals surface area contributed by atoms with Crippen LogP contribution in [0, 0.1) is 25.2 Å². The summed E-state index contributed by atoms with van der Waals surface area (Å²) in [7, 11) is -3.87. The largest absolute Gasteiger partial charge is 0.423 e. The normalized spacial score (nSPS) is 11.3. The topological polar surface area (TPSA) is 125 Å². The van der Waals surface area contributed by atoms with E-state index >= 15 is 0 Å². The molecule has 41 heavy (non-hydrogen) atoms. The second-order valence-corrected chi connectivity index (χ2v) is 11.1. The van der Waals surface area contributed by atoms with Crippen LogP contribution in [-0.2, 0) is 14.8 Å². The fourth-order valence-electron chi connectivity index (χ4n) is 3.82. The number of aryl methyl sites for hydroxylation is 2. The molecule has 0 fully saturated rings. The molecule has 0 spiro atoms. The van der Waals surface area contributed by atoms with E-state index in [1.165, 1.54) is 48.5 Å². The van der Waals surface area contributed by atoms with Crippen LogP contribution in [0.2, 0.25) is 5.02 Å².